The standard InChI is InChI=1S/C53H37N5/c1-34-15-12-13-23-44(34)45-26-25-40(29-35(45)2)41-30-42(48-33-47(36-16-6-3-7-17-36)46-27-24-37-22-14-28-54-49(37)50(46)55-48)32-43(31-41)53-57-51(38-18-8-4-9-19-38)56-52(58-53)39-20-10-5-11-21-39/h3-33H,1-2H3. The van der Waals surface area contributed by atoms with Crippen molar-refractivity contribution in [1.82, 2.24) is 24.9 Å². The lowest BCUT2D eigenvalue weighted by atomic mass is 9.91. The van der Waals surface area contributed by atoms with Crippen molar-refractivity contribution in [2.24, 2.45) is 0 Å². The van der Waals surface area contributed by atoms with Gasteiger partial charge in [0.2, 0.25) is 0 Å². The molecule has 0 atom stereocenters. The Morgan fingerprint density at radius 3 is 1.59 bits per heavy atom. The summed E-state index contributed by atoms with van der Waals surface area (Å²) >= 11 is 0. The minimum Gasteiger partial charge on any atom is -0.254 e. The summed E-state index contributed by atoms with van der Waals surface area (Å²) in [5, 5.41) is 2.10. The first-order valence-corrected chi connectivity index (χ1v) is 19.5. The molecule has 0 radical (unpaired) electrons. The number of fused-ring (bicyclic) bond motifs is 3. The number of hydrogen-bond acceptors (Lipinski definition) is 5. The molecule has 0 N–H and O–H groups in total. The fraction of sp³-hybridized carbons (Fsp3) is 0.0377. The highest BCUT2D eigenvalue weighted by Gasteiger charge is 2.18. The molecule has 10 rings (SSSR count). The van der Waals surface area contributed by atoms with Gasteiger partial charge in [-0.3, -0.25) is 4.98 Å². The van der Waals surface area contributed by atoms with Crippen LogP contribution in [0.15, 0.2) is 188 Å². The van der Waals surface area contributed by atoms with E-state index in [-0.39, 0.29) is 0 Å². The summed E-state index contributed by atoms with van der Waals surface area (Å²) in [6.07, 6.45) is 1.84. The molecule has 10 aromatic rings. The Bertz CT molecular complexity index is 3070. The van der Waals surface area contributed by atoms with Crippen molar-refractivity contribution >= 4 is 21.8 Å². The number of pyridine rings is 2. The van der Waals surface area contributed by atoms with Crippen LogP contribution in [0.4, 0.5) is 0 Å². The van der Waals surface area contributed by atoms with E-state index in [4.69, 9.17) is 24.9 Å². The van der Waals surface area contributed by atoms with Crippen molar-refractivity contribution in [2.45, 2.75) is 13.8 Å². The van der Waals surface area contributed by atoms with Crippen LogP contribution in [-0.2, 0) is 0 Å². The van der Waals surface area contributed by atoms with Crippen molar-refractivity contribution < 1.29 is 0 Å². The fourth-order valence-corrected chi connectivity index (χ4v) is 7.86. The molecule has 0 aliphatic carbocycles. The van der Waals surface area contributed by atoms with E-state index in [0.717, 1.165) is 72.0 Å². The minimum absolute atomic E-state index is 0.584. The van der Waals surface area contributed by atoms with Gasteiger partial charge in [-0.2, -0.15) is 0 Å². The lowest BCUT2D eigenvalue weighted by molar-refractivity contribution is 1.07. The Labute approximate surface area is 337 Å². The highest BCUT2D eigenvalue weighted by atomic mass is 15.0. The molecule has 5 heteroatoms. The second-order valence-electron chi connectivity index (χ2n) is 14.6. The zero-order valence-corrected chi connectivity index (χ0v) is 32.1. The normalized spacial score (nSPS) is 11.3. The van der Waals surface area contributed by atoms with Crippen LogP contribution < -0.4 is 0 Å². The molecule has 0 amide bonds. The second-order valence-corrected chi connectivity index (χ2v) is 14.6. The second kappa shape index (κ2) is 14.8. The summed E-state index contributed by atoms with van der Waals surface area (Å²) < 4.78 is 0. The zero-order valence-electron chi connectivity index (χ0n) is 32.1. The van der Waals surface area contributed by atoms with Gasteiger partial charge in [-0.25, -0.2) is 19.9 Å². The maximum Gasteiger partial charge on any atom is 0.164 e. The molecule has 5 nitrogen and oxygen atoms in total. The van der Waals surface area contributed by atoms with E-state index < -0.39 is 0 Å². The largest absolute Gasteiger partial charge is 0.254 e. The van der Waals surface area contributed by atoms with E-state index >= 15 is 0 Å². The third kappa shape index (κ3) is 6.59. The summed E-state index contributed by atoms with van der Waals surface area (Å²) in [6, 6.07) is 63.2. The van der Waals surface area contributed by atoms with Crippen LogP contribution in [0.2, 0.25) is 0 Å². The molecule has 0 saturated heterocycles. The van der Waals surface area contributed by atoms with Gasteiger partial charge in [-0.1, -0.05) is 152 Å². The van der Waals surface area contributed by atoms with Crippen LogP contribution in [0.3, 0.4) is 0 Å². The van der Waals surface area contributed by atoms with Gasteiger partial charge in [-0.05, 0) is 88.7 Å². The van der Waals surface area contributed by atoms with E-state index in [9.17, 15) is 0 Å². The van der Waals surface area contributed by atoms with Crippen molar-refractivity contribution in [3.8, 4) is 78.8 Å². The summed E-state index contributed by atoms with van der Waals surface area (Å²) in [6.45, 7) is 4.36. The first kappa shape index (κ1) is 34.8. The molecular formula is C53H37N5. The molecule has 0 aliphatic heterocycles. The van der Waals surface area contributed by atoms with E-state index in [0.29, 0.717) is 17.5 Å². The Morgan fingerprint density at radius 2 is 0.914 bits per heavy atom. The maximum absolute atomic E-state index is 5.42. The highest BCUT2D eigenvalue weighted by Crippen LogP contribution is 2.39. The number of benzene rings is 7. The van der Waals surface area contributed by atoms with E-state index in [2.05, 4.69) is 129 Å². The number of rotatable bonds is 7. The van der Waals surface area contributed by atoms with Gasteiger partial charge in [0.1, 0.15) is 0 Å². The Kier molecular flexibility index (Phi) is 8.88. The van der Waals surface area contributed by atoms with Gasteiger partial charge in [0.15, 0.2) is 17.5 Å². The summed E-state index contributed by atoms with van der Waals surface area (Å²) in [5.74, 6) is 1.81. The summed E-state index contributed by atoms with van der Waals surface area (Å²) in [7, 11) is 0. The average Bonchev–Trinajstić information content (AvgIpc) is 3.29. The van der Waals surface area contributed by atoms with Gasteiger partial charge >= 0.3 is 0 Å². The predicted molar refractivity (Wildman–Crippen MR) is 238 cm³/mol. The predicted octanol–water partition coefficient (Wildman–Crippen LogP) is 13.3. The van der Waals surface area contributed by atoms with Crippen LogP contribution in [0, 0.1) is 13.8 Å². The van der Waals surface area contributed by atoms with E-state index in [1.807, 2.05) is 72.9 Å². The molecule has 0 aliphatic rings. The summed E-state index contributed by atoms with van der Waals surface area (Å²) in [5.41, 5.74) is 15.5. The lowest BCUT2D eigenvalue weighted by Gasteiger charge is -2.16. The maximum atomic E-state index is 5.42. The van der Waals surface area contributed by atoms with E-state index in [1.165, 1.54) is 22.3 Å². The number of hydrogen-bond donors (Lipinski definition) is 0. The quantitative estimate of drug-likeness (QED) is 0.152. The molecule has 0 bridgehead atoms. The van der Waals surface area contributed by atoms with Crippen LogP contribution in [0.25, 0.3) is 101 Å². The van der Waals surface area contributed by atoms with Gasteiger partial charge in [-0.15, -0.1) is 0 Å². The van der Waals surface area contributed by atoms with Crippen molar-refractivity contribution in [1.29, 1.82) is 0 Å². The molecule has 0 unspecified atom stereocenters. The van der Waals surface area contributed by atoms with Gasteiger partial charge < -0.3 is 0 Å². The minimum atomic E-state index is 0.584. The topological polar surface area (TPSA) is 64.5 Å². The molecule has 58 heavy (non-hydrogen) atoms. The molecule has 7 aromatic carbocycles. The molecule has 3 aromatic heterocycles. The molecule has 0 saturated carbocycles. The number of aromatic nitrogens is 5. The Balaban J connectivity index is 1.23. The molecular weight excluding hydrogens is 707 g/mol. The molecule has 3 heterocycles. The number of aryl methyl sites for hydroxylation is 2. The fourth-order valence-electron chi connectivity index (χ4n) is 7.86. The Hall–Kier alpha value is -7.63. The third-order valence-corrected chi connectivity index (χ3v) is 10.8. The van der Waals surface area contributed by atoms with Gasteiger partial charge in [0.25, 0.3) is 0 Å². The van der Waals surface area contributed by atoms with Crippen LogP contribution in [-0.4, -0.2) is 24.9 Å². The number of nitrogens with zero attached hydrogens (tertiary/aromatic N) is 5. The molecule has 274 valence electrons. The van der Waals surface area contributed by atoms with Crippen LogP contribution >= 0.6 is 0 Å². The monoisotopic (exact) mass is 743 g/mol. The van der Waals surface area contributed by atoms with Crippen molar-refractivity contribution in [2.75, 3.05) is 0 Å². The zero-order chi connectivity index (χ0) is 39.0. The highest BCUT2D eigenvalue weighted by molar-refractivity contribution is 6.09. The van der Waals surface area contributed by atoms with Crippen LogP contribution in [0.5, 0.6) is 0 Å². The van der Waals surface area contributed by atoms with Gasteiger partial charge in [0, 0.05) is 39.2 Å². The first-order valence-electron chi connectivity index (χ1n) is 19.5. The van der Waals surface area contributed by atoms with Gasteiger partial charge in [0.05, 0.1) is 16.7 Å². The third-order valence-electron chi connectivity index (χ3n) is 10.8. The van der Waals surface area contributed by atoms with Crippen molar-refractivity contribution in [3.05, 3.63) is 199 Å². The van der Waals surface area contributed by atoms with E-state index in [1.54, 1.807) is 0 Å². The SMILES string of the molecule is Cc1ccccc1-c1ccc(-c2cc(-c3cc(-c4ccccc4)c4ccc5cccnc5c4n3)cc(-c3nc(-c4ccccc4)nc(-c4ccccc4)n3)c2)cc1C. The first-order chi connectivity index (χ1) is 28.6. The van der Waals surface area contributed by atoms with Crippen LogP contribution in [0.1, 0.15) is 11.1 Å². The Morgan fingerprint density at radius 1 is 0.328 bits per heavy atom. The van der Waals surface area contributed by atoms with Crippen molar-refractivity contribution in [3.63, 3.8) is 0 Å². The summed E-state index contributed by atoms with van der Waals surface area (Å²) in [4.78, 5) is 25.6. The smallest absolute Gasteiger partial charge is 0.164 e. The molecule has 0 spiro atoms. The molecule has 0 fully saturated rings. The lowest BCUT2D eigenvalue weighted by Crippen LogP contribution is -2.01. The average molecular weight is 744 g/mol.